The molecule has 1 fully saturated rings. The minimum absolute atomic E-state index is 0.0102. The summed E-state index contributed by atoms with van der Waals surface area (Å²) in [6.45, 7) is 7.68. The number of aromatic amines is 1. The first-order chi connectivity index (χ1) is 8.70. The molecule has 2 heterocycles. The van der Waals surface area contributed by atoms with Gasteiger partial charge in [0, 0.05) is 25.6 Å². The van der Waals surface area contributed by atoms with Gasteiger partial charge in [-0.3, -0.25) is 10.00 Å². The maximum Gasteiger partial charge on any atom is 0.180 e. The van der Waals surface area contributed by atoms with Gasteiger partial charge in [0.15, 0.2) is 5.82 Å². The number of hydrogen-bond donors (Lipinski definition) is 2. The summed E-state index contributed by atoms with van der Waals surface area (Å²) < 4.78 is 5.75. The topological polar surface area (TPSA) is 80.1 Å². The summed E-state index contributed by atoms with van der Waals surface area (Å²) >= 11 is 0. The van der Waals surface area contributed by atoms with Gasteiger partial charge < -0.3 is 10.5 Å². The third-order valence-corrected chi connectivity index (χ3v) is 3.28. The number of aryl methyl sites for hydroxylation is 1. The van der Waals surface area contributed by atoms with E-state index in [1.165, 1.54) is 0 Å². The summed E-state index contributed by atoms with van der Waals surface area (Å²) in [7, 11) is 0. The largest absolute Gasteiger partial charge is 0.367 e. The van der Waals surface area contributed by atoms with Gasteiger partial charge >= 0.3 is 0 Å². The van der Waals surface area contributed by atoms with Gasteiger partial charge in [-0.15, -0.1) is 0 Å². The van der Waals surface area contributed by atoms with Crippen LogP contribution in [0.2, 0.25) is 0 Å². The van der Waals surface area contributed by atoms with E-state index >= 15 is 0 Å². The van der Waals surface area contributed by atoms with E-state index in [1.54, 1.807) is 0 Å². The SMILES string of the molecule is CC(C)N1CCOC(c2n[nH]c(CCCN)n2)C1. The Morgan fingerprint density at radius 3 is 3.11 bits per heavy atom. The predicted molar refractivity (Wildman–Crippen MR) is 69.2 cm³/mol. The summed E-state index contributed by atoms with van der Waals surface area (Å²) in [6, 6.07) is 0.534. The molecule has 1 aromatic heterocycles. The fourth-order valence-electron chi connectivity index (χ4n) is 2.13. The second-order valence-electron chi connectivity index (χ2n) is 4.98. The van der Waals surface area contributed by atoms with Crippen molar-refractivity contribution in [2.24, 2.45) is 5.73 Å². The quantitative estimate of drug-likeness (QED) is 0.797. The number of hydrogen-bond acceptors (Lipinski definition) is 5. The van der Waals surface area contributed by atoms with Gasteiger partial charge in [0.1, 0.15) is 11.9 Å². The van der Waals surface area contributed by atoms with E-state index in [0.29, 0.717) is 12.6 Å². The first kappa shape index (κ1) is 13.5. The monoisotopic (exact) mass is 253 g/mol. The maximum absolute atomic E-state index is 5.75. The standard InChI is InChI=1S/C12H23N5O/c1-9(2)17-6-7-18-10(8-17)12-14-11(15-16-12)4-3-5-13/h9-10H,3-8,13H2,1-2H3,(H,14,15,16). The number of nitrogens with zero attached hydrogens (tertiary/aromatic N) is 3. The van der Waals surface area contributed by atoms with E-state index in [1.807, 2.05) is 0 Å². The molecule has 0 radical (unpaired) electrons. The molecule has 3 N–H and O–H groups in total. The highest BCUT2D eigenvalue weighted by atomic mass is 16.5. The van der Waals surface area contributed by atoms with E-state index in [-0.39, 0.29) is 6.10 Å². The van der Waals surface area contributed by atoms with Crippen LogP contribution in [-0.2, 0) is 11.2 Å². The Balaban J connectivity index is 1.95. The van der Waals surface area contributed by atoms with Gasteiger partial charge in [-0.05, 0) is 26.8 Å². The lowest BCUT2D eigenvalue weighted by molar-refractivity contribution is -0.0441. The first-order valence-electron chi connectivity index (χ1n) is 6.67. The summed E-state index contributed by atoms with van der Waals surface area (Å²) in [5, 5.41) is 7.22. The molecular formula is C12H23N5O. The first-order valence-corrected chi connectivity index (χ1v) is 6.67. The molecule has 0 aromatic carbocycles. The van der Waals surface area contributed by atoms with Crippen LogP contribution >= 0.6 is 0 Å². The van der Waals surface area contributed by atoms with Gasteiger partial charge in [0.05, 0.1) is 6.61 Å². The Kier molecular flexibility index (Phi) is 4.68. The number of rotatable bonds is 5. The second-order valence-corrected chi connectivity index (χ2v) is 4.98. The number of aromatic nitrogens is 3. The molecule has 0 aliphatic carbocycles. The van der Waals surface area contributed by atoms with Gasteiger partial charge in [0.2, 0.25) is 0 Å². The third-order valence-electron chi connectivity index (χ3n) is 3.28. The van der Waals surface area contributed by atoms with Crippen molar-refractivity contribution < 1.29 is 4.74 Å². The molecule has 1 saturated heterocycles. The molecule has 0 amide bonds. The van der Waals surface area contributed by atoms with Crippen molar-refractivity contribution >= 4 is 0 Å². The van der Waals surface area contributed by atoms with Crippen LogP contribution in [0.1, 0.15) is 38.0 Å². The molecule has 1 aliphatic heterocycles. The van der Waals surface area contributed by atoms with Crippen LogP contribution in [0.3, 0.4) is 0 Å². The molecule has 0 saturated carbocycles. The zero-order chi connectivity index (χ0) is 13.0. The number of nitrogens with one attached hydrogen (secondary N) is 1. The van der Waals surface area contributed by atoms with Gasteiger partial charge in [-0.1, -0.05) is 0 Å². The third kappa shape index (κ3) is 3.28. The molecule has 102 valence electrons. The van der Waals surface area contributed by atoms with Crippen molar-refractivity contribution in [2.75, 3.05) is 26.2 Å². The van der Waals surface area contributed by atoms with Crippen LogP contribution in [0.5, 0.6) is 0 Å². The summed E-state index contributed by atoms with van der Waals surface area (Å²) in [6.07, 6.45) is 1.77. The van der Waals surface area contributed by atoms with Crippen molar-refractivity contribution in [3.8, 4) is 0 Å². The van der Waals surface area contributed by atoms with Crippen LogP contribution in [0.25, 0.3) is 0 Å². The summed E-state index contributed by atoms with van der Waals surface area (Å²) in [5.41, 5.74) is 5.48. The lowest BCUT2D eigenvalue weighted by atomic mass is 10.2. The Labute approximate surface area is 108 Å². The highest BCUT2D eigenvalue weighted by Crippen LogP contribution is 2.20. The Morgan fingerprint density at radius 1 is 1.56 bits per heavy atom. The van der Waals surface area contributed by atoms with Crippen LogP contribution in [-0.4, -0.2) is 52.4 Å². The average Bonchev–Trinajstić information content (AvgIpc) is 2.85. The van der Waals surface area contributed by atoms with Crippen molar-refractivity contribution in [3.63, 3.8) is 0 Å². The number of ether oxygens (including phenoxy) is 1. The Morgan fingerprint density at radius 2 is 2.39 bits per heavy atom. The van der Waals surface area contributed by atoms with Gasteiger partial charge in [-0.2, -0.15) is 5.10 Å². The lowest BCUT2D eigenvalue weighted by Crippen LogP contribution is -2.42. The molecule has 1 aromatic rings. The van der Waals surface area contributed by atoms with Crippen molar-refractivity contribution in [3.05, 3.63) is 11.6 Å². The number of morpholine rings is 1. The number of H-pyrrole nitrogens is 1. The van der Waals surface area contributed by atoms with Crippen LogP contribution in [0.4, 0.5) is 0 Å². The highest BCUT2D eigenvalue weighted by molar-refractivity contribution is 4.97. The van der Waals surface area contributed by atoms with Crippen LogP contribution in [0.15, 0.2) is 0 Å². The Hall–Kier alpha value is -0.980. The van der Waals surface area contributed by atoms with E-state index in [9.17, 15) is 0 Å². The van der Waals surface area contributed by atoms with Crippen LogP contribution in [0, 0.1) is 0 Å². The molecular weight excluding hydrogens is 230 g/mol. The normalized spacial score (nSPS) is 21.7. The van der Waals surface area contributed by atoms with E-state index in [0.717, 1.165) is 44.2 Å². The molecule has 2 rings (SSSR count). The van der Waals surface area contributed by atoms with E-state index < -0.39 is 0 Å². The van der Waals surface area contributed by atoms with Crippen molar-refractivity contribution in [2.45, 2.75) is 38.8 Å². The fourth-order valence-corrected chi connectivity index (χ4v) is 2.13. The lowest BCUT2D eigenvalue weighted by Gasteiger charge is -2.34. The zero-order valence-electron chi connectivity index (χ0n) is 11.2. The van der Waals surface area contributed by atoms with Crippen LogP contribution < -0.4 is 5.73 Å². The summed E-state index contributed by atoms with van der Waals surface area (Å²) in [5.74, 6) is 1.67. The molecule has 6 heteroatoms. The van der Waals surface area contributed by atoms with E-state index in [4.69, 9.17) is 10.5 Å². The maximum atomic E-state index is 5.75. The van der Waals surface area contributed by atoms with Gasteiger partial charge in [-0.25, -0.2) is 4.98 Å². The fraction of sp³-hybridized carbons (Fsp3) is 0.833. The minimum Gasteiger partial charge on any atom is -0.367 e. The molecule has 1 atom stereocenters. The van der Waals surface area contributed by atoms with Crippen molar-refractivity contribution in [1.29, 1.82) is 0 Å². The zero-order valence-corrected chi connectivity index (χ0v) is 11.2. The van der Waals surface area contributed by atoms with E-state index in [2.05, 4.69) is 33.9 Å². The predicted octanol–water partition coefficient (Wildman–Crippen LogP) is 0.478. The van der Waals surface area contributed by atoms with Gasteiger partial charge in [0.25, 0.3) is 0 Å². The molecule has 1 aliphatic rings. The smallest absolute Gasteiger partial charge is 0.180 e. The average molecular weight is 253 g/mol. The second kappa shape index (κ2) is 6.26. The molecule has 1 unspecified atom stereocenters. The van der Waals surface area contributed by atoms with Crippen molar-refractivity contribution in [1.82, 2.24) is 20.1 Å². The minimum atomic E-state index is -0.0102. The molecule has 18 heavy (non-hydrogen) atoms. The molecule has 0 spiro atoms. The molecule has 0 bridgehead atoms. The Bertz CT molecular complexity index is 365. The summed E-state index contributed by atoms with van der Waals surface area (Å²) in [4.78, 5) is 6.88. The highest BCUT2D eigenvalue weighted by Gasteiger charge is 2.26. The molecule has 6 nitrogen and oxygen atoms in total. The number of nitrogens with two attached hydrogens (primary N) is 1.